The molecule has 1 aromatic carbocycles. The molecule has 7 heteroatoms. The van der Waals surface area contributed by atoms with E-state index >= 15 is 0 Å². The SMILES string of the molecule is CN=C(NCCCCOCCOC)NCc1ccc(CN2CCCC2)cc1.I. The van der Waals surface area contributed by atoms with E-state index < -0.39 is 0 Å². The second-order valence-electron chi connectivity index (χ2n) is 6.96. The molecular formula is C21H37IN4O2. The maximum absolute atomic E-state index is 5.46. The molecule has 0 aromatic heterocycles. The van der Waals surface area contributed by atoms with Gasteiger partial charge < -0.3 is 20.1 Å². The number of nitrogens with zero attached hydrogens (tertiary/aromatic N) is 2. The first-order valence-corrected chi connectivity index (χ1v) is 10.1. The maximum Gasteiger partial charge on any atom is 0.191 e. The highest BCUT2D eigenvalue weighted by atomic mass is 127. The lowest BCUT2D eigenvalue weighted by atomic mass is 10.1. The van der Waals surface area contributed by atoms with Gasteiger partial charge in [-0.15, -0.1) is 24.0 Å². The standard InChI is InChI=1S/C21H36N4O2.HI/c1-22-21(23-11-3-6-14-27-16-15-26-2)24-17-19-7-9-20(10-8-19)18-25-12-4-5-13-25;/h7-10H,3-6,11-18H2,1-2H3,(H2,22,23,24);1H. The van der Waals surface area contributed by atoms with Crippen molar-refractivity contribution in [3.63, 3.8) is 0 Å². The minimum Gasteiger partial charge on any atom is -0.382 e. The van der Waals surface area contributed by atoms with Gasteiger partial charge in [-0.2, -0.15) is 0 Å². The van der Waals surface area contributed by atoms with Crippen molar-refractivity contribution in [1.29, 1.82) is 0 Å². The van der Waals surface area contributed by atoms with Crippen LogP contribution in [-0.2, 0) is 22.6 Å². The molecule has 0 saturated carbocycles. The summed E-state index contributed by atoms with van der Waals surface area (Å²) in [7, 11) is 3.50. The lowest BCUT2D eigenvalue weighted by molar-refractivity contribution is 0.0689. The van der Waals surface area contributed by atoms with Crippen molar-refractivity contribution in [2.45, 2.75) is 38.8 Å². The lowest BCUT2D eigenvalue weighted by Gasteiger charge is -2.15. The third-order valence-electron chi connectivity index (χ3n) is 4.75. The molecule has 1 fully saturated rings. The number of hydrogen-bond donors (Lipinski definition) is 2. The Morgan fingerprint density at radius 3 is 2.39 bits per heavy atom. The summed E-state index contributed by atoms with van der Waals surface area (Å²) in [6, 6.07) is 8.91. The summed E-state index contributed by atoms with van der Waals surface area (Å²) in [6.07, 6.45) is 4.77. The third-order valence-corrected chi connectivity index (χ3v) is 4.75. The zero-order valence-electron chi connectivity index (χ0n) is 17.4. The third kappa shape index (κ3) is 10.6. The van der Waals surface area contributed by atoms with Crippen LogP contribution in [0.1, 0.15) is 36.8 Å². The Bertz CT molecular complexity index is 534. The molecule has 2 rings (SSSR count). The Morgan fingerprint density at radius 2 is 1.71 bits per heavy atom. The van der Waals surface area contributed by atoms with E-state index in [0.29, 0.717) is 13.2 Å². The average molecular weight is 504 g/mol. The molecule has 0 bridgehead atoms. The number of ether oxygens (including phenoxy) is 2. The molecule has 6 nitrogen and oxygen atoms in total. The molecule has 0 amide bonds. The highest BCUT2D eigenvalue weighted by Crippen LogP contribution is 2.13. The fourth-order valence-corrected chi connectivity index (χ4v) is 3.15. The minimum absolute atomic E-state index is 0. The molecule has 1 aliphatic rings. The van der Waals surface area contributed by atoms with E-state index in [4.69, 9.17) is 9.47 Å². The van der Waals surface area contributed by atoms with Gasteiger partial charge in [0.1, 0.15) is 0 Å². The summed E-state index contributed by atoms with van der Waals surface area (Å²) >= 11 is 0. The Balaban J connectivity index is 0.00000392. The van der Waals surface area contributed by atoms with E-state index in [1.807, 2.05) is 7.05 Å². The van der Waals surface area contributed by atoms with Crippen LogP contribution in [0.3, 0.4) is 0 Å². The van der Waals surface area contributed by atoms with Gasteiger partial charge in [-0.25, -0.2) is 0 Å². The van der Waals surface area contributed by atoms with E-state index in [1.165, 1.54) is 37.1 Å². The van der Waals surface area contributed by atoms with Crippen molar-refractivity contribution in [3.8, 4) is 0 Å². The summed E-state index contributed by atoms with van der Waals surface area (Å²) in [4.78, 5) is 6.82. The largest absolute Gasteiger partial charge is 0.382 e. The van der Waals surface area contributed by atoms with Crippen LogP contribution in [0.4, 0.5) is 0 Å². The van der Waals surface area contributed by atoms with Crippen LogP contribution in [-0.4, -0.2) is 64.5 Å². The summed E-state index contributed by atoms with van der Waals surface area (Å²) in [5.41, 5.74) is 2.67. The number of guanidine groups is 1. The number of aliphatic imine (C=N–C) groups is 1. The van der Waals surface area contributed by atoms with Gasteiger partial charge in [-0.3, -0.25) is 9.89 Å². The number of rotatable bonds is 12. The molecular weight excluding hydrogens is 467 g/mol. The van der Waals surface area contributed by atoms with E-state index in [1.54, 1.807) is 7.11 Å². The quantitative estimate of drug-likeness (QED) is 0.199. The average Bonchev–Trinajstić information content (AvgIpc) is 3.20. The van der Waals surface area contributed by atoms with Gasteiger partial charge >= 0.3 is 0 Å². The highest BCUT2D eigenvalue weighted by Gasteiger charge is 2.11. The first kappa shape index (κ1) is 25.1. The van der Waals surface area contributed by atoms with Crippen molar-refractivity contribution >= 4 is 29.9 Å². The van der Waals surface area contributed by atoms with Crippen LogP contribution < -0.4 is 10.6 Å². The van der Waals surface area contributed by atoms with Crippen LogP contribution in [0.25, 0.3) is 0 Å². The van der Waals surface area contributed by atoms with Crippen LogP contribution in [0.5, 0.6) is 0 Å². The number of methoxy groups -OCH3 is 1. The van der Waals surface area contributed by atoms with Gasteiger partial charge in [-0.1, -0.05) is 24.3 Å². The Kier molecular flexibility index (Phi) is 14.3. The second-order valence-corrected chi connectivity index (χ2v) is 6.96. The molecule has 1 aliphatic heterocycles. The van der Waals surface area contributed by atoms with Crippen molar-refractivity contribution in [2.24, 2.45) is 4.99 Å². The highest BCUT2D eigenvalue weighted by molar-refractivity contribution is 14.0. The summed E-state index contributed by atoms with van der Waals surface area (Å²) < 4.78 is 10.4. The molecule has 1 heterocycles. The zero-order chi connectivity index (χ0) is 19.2. The van der Waals surface area contributed by atoms with Crippen LogP contribution in [0.2, 0.25) is 0 Å². The monoisotopic (exact) mass is 504 g/mol. The first-order chi connectivity index (χ1) is 13.3. The molecule has 0 spiro atoms. The summed E-state index contributed by atoms with van der Waals surface area (Å²) in [6.45, 7) is 7.34. The summed E-state index contributed by atoms with van der Waals surface area (Å²) in [5, 5.41) is 6.73. The molecule has 0 atom stereocenters. The second kappa shape index (κ2) is 16.0. The van der Waals surface area contributed by atoms with Crippen LogP contribution >= 0.6 is 24.0 Å². The fourth-order valence-electron chi connectivity index (χ4n) is 3.15. The van der Waals surface area contributed by atoms with Crippen molar-refractivity contribution in [2.75, 3.05) is 53.6 Å². The molecule has 0 aliphatic carbocycles. The number of unbranched alkanes of at least 4 members (excludes halogenated alkanes) is 1. The zero-order valence-corrected chi connectivity index (χ0v) is 19.7. The summed E-state index contributed by atoms with van der Waals surface area (Å²) in [5.74, 6) is 0.844. The van der Waals surface area contributed by atoms with Crippen molar-refractivity contribution < 1.29 is 9.47 Å². The van der Waals surface area contributed by atoms with Gasteiger partial charge in [0, 0.05) is 40.4 Å². The van der Waals surface area contributed by atoms with Crippen molar-refractivity contribution in [3.05, 3.63) is 35.4 Å². The van der Waals surface area contributed by atoms with Gasteiger partial charge in [0.25, 0.3) is 0 Å². The minimum atomic E-state index is 0. The van der Waals surface area contributed by atoms with Crippen LogP contribution in [0.15, 0.2) is 29.3 Å². The molecule has 1 aromatic rings. The van der Waals surface area contributed by atoms with Gasteiger partial charge in [0.15, 0.2) is 5.96 Å². The maximum atomic E-state index is 5.46. The smallest absolute Gasteiger partial charge is 0.191 e. The number of benzene rings is 1. The van der Waals surface area contributed by atoms with E-state index in [0.717, 1.165) is 45.0 Å². The number of likely N-dealkylation sites (tertiary alicyclic amines) is 1. The molecule has 28 heavy (non-hydrogen) atoms. The topological polar surface area (TPSA) is 58.1 Å². The molecule has 160 valence electrons. The fraction of sp³-hybridized carbons (Fsp3) is 0.667. The van der Waals surface area contributed by atoms with Gasteiger partial charge in [-0.05, 0) is 49.9 Å². The predicted octanol–water partition coefficient (Wildman–Crippen LogP) is 3.01. The lowest BCUT2D eigenvalue weighted by Crippen LogP contribution is -2.37. The van der Waals surface area contributed by atoms with Gasteiger partial charge in [0.2, 0.25) is 0 Å². The van der Waals surface area contributed by atoms with E-state index in [-0.39, 0.29) is 24.0 Å². The van der Waals surface area contributed by atoms with E-state index in [9.17, 15) is 0 Å². The molecule has 2 N–H and O–H groups in total. The molecule has 0 unspecified atom stereocenters. The number of halogens is 1. The van der Waals surface area contributed by atoms with E-state index in [2.05, 4.69) is 44.8 Å². The predicted molar refractivity (Wildman–Crippen MR) is 126 cm³/mol. The Morgan fingerprint density at radius 1 is 1.00 bits per heavy atom. The van der Waals surface area contributed by atoms with Gasteiger partial charge in [0.05, 0.1) is 13.2 Å². The molecule has 0 radical (unpaired) electrons. The number of hydrogen-bond acceptors (Lipinski definition) is 4. The Labute approximate surface area is 187 Å². The van der Waals surface area contributed by atoms with Crippen molar-refractivity contribution in [1.82, 2.24) is 15.5 Å². The molecule has 1 saturated heterocycles. The van der Waals surface area contributed by atoms with Crippen LogP contribution in [0, 0.1) is 0 Å². The first-order valence-electron chi connectivity index (χ1n) is 10.1. The number of nitrogens with one attached hydrogen (secondary N) is 2. The Hall–Kier alpha value is -0.900. The normalized spacial score (nSPS) is 14.7.